The molecule has 0 saturated carbocycles. The number of hydrogen-bond donors (Lipinski definition) is 2. The van der Waals surface area contributed by atoms with E-state index in [1.165, 1.54) is 0 Å². The summed E-state index contributed by atoms with van der Waals surface area (Å²) in [4.78, 5) is 18.5. The number of nitrogens with one attached hydrogen (secondary N) is 2. The second kappa shape index (κ2) is 8.64. The normalized spacial score (nSPS) is 10.6. The lowest BCUT2D eigenvalue weighted by molar-refractivity contribution is 0.0952. The lowest BCUT2D eigenvalue weighted by Crippen LogP contribution is -2.27. The molecule has 0 saturated heterocycles. The molecule has 2 N–H and O–H groups in total. The summed E-state index contributed by atoms with van der Waals surface area (Å²) >= 11 is 3.40. The predicted molar refractivity (Wildman–Crippen MR) is 97.2 cm³/mol. The number of anilines is 2. The topological polar surface area (TPSA) is 57.3 Å². The molecule has 2 aromatic rings. The summed E-state index contributed by atoms with van der Waals surface area (Å²) in [5.74, 6) is 0.568. The Kier molecular flexibility index (Phi) is 6.55. The van der Waals surface area contributed by atoms with Crippen molar-refractivity contribution in [2.45, 2.75) is 6.42 Å². The van der Waals surface area contributed by atoms with Crippen molar-refractivity contribution in [3.63, 3.8) is 0 Å². The summed E-state index contributed by atoms with van der Waals surface area (Å²) in [5, 5.41) is 6.12. The van der Waals surface area contributed by atoms with Gasteiger partial charge in [-0.3, -0.25) is 4.79 Å². The maximum absolute atomic E-state index is 12.2. The summed E-state index contributed by atoms with van der Waals surface area (Å²) in [7, 11) is 4.04. The molecular weight excluding hydrogens is 356 g/mol. The molecule has 2 rings (SSSR count). The number of hydrogen-bond acceptors (Lipinski definition) is 4. The van der Waals surface area contributed by atoms with Crippen molar-refractivity contribution in [3.8, 4) is 0 Å². The number of pyridine rings is 1. The second-order valence-corrected chi connectivity index (χ2v) is 6.39. The van der Waals surface area contributed by atoms with Gasteiger partial charge in [0.1, 0.15) is 5.82 Å². The molecule has 0 aliphatic carbocycles. The number of aromatic nitrogens is 1. The molecule has 23 heavy (non-hydrogen) atoms. The van der Waals surface area contributed by atoms with Gasteiger partial charge in [-0.15, -0.1) is 0 Å². The maximum atomic E-state index is 12.2. The molecule has 0 atom stereocenters. The minimum absolute atomic E-state index is 0.0787. The molecule has 1 aromatic heterocycles. The minimum atomic E-state index is -0.0787. The van der Waals surface area contributed by atoms with Gasteiger partial charge in [0.15, 0.2) is 0 Å². The van der Waals surface area contributed by atoms with E-state index in [0.717, 1.165) is 23.1 Å². The molecule has 0 unspecified atom stereocenters. The van der Waals surface area contributed by atoms with E-state index in [4.69, 9.17) is 0 Å². The molecular formula is C17H21BrN4O. The van der Waals surface area contributed by atoms with Gasteiger partial charge < -0.3 is 15.5 Å². The molecule has 122 valence electrons. The van der Waals surface area contributed by atoms with Gasteiger partial charge in [0.05, 0.1) is 0 Å². The zero-order valence-electron chi connectivity index (χ0n) is 13.3. The second-order valence-electron chi connectivity index (χ2n) is 5.47. The molecule has 0 spiro atoms. The van der Waals surface area contributed by atoms with E-state index in [1.54, 1.807) is 18.3 Å². The fourth-order valence-corrected chi connectivity index (χ4v) is 2.28. The number of halogens is 1. The van der Waals surface area contributed by atoms with Crippen LogP contribution in [0.1, 0.15) is 16.8 Å². The Bertz CT molecular complexity index is 643. The van der Waals surface area contributed by atoms with Crippen LogP contribution in [0.3, 0.4) is 0 Å². The first-order valence-electron chi connectivity index (χ1n) is 7.46. The minimum Gasteiger partial charge on any atom is -0.352 e. The highest BCUT2D eigenvalue weighted by atomic mass is 79.9. The van der Waals surface area contributed by atoms with Crippen LogP contribution in [-0.4, -0.2) is 43.0 Å². The molecule has 0 aliphatic heterocycles. The van der Waals surface area contributed by atoms with Crippen molar-refractivity contribution in [3.05, 3.63) is 52.6 Å². The number of benzene rings is 1. The summed E-state index contributed by atoms with van der Waals surface area (Å²) in [6.07, 6.45) is 2.56. The lowest BCUT2D eigenvalue weighted by atomic mass is 10.2. The highest BCUT2D eigenvalue weighted by molar-refractivity contribution is 9.10. The van der Waals surface area contributed by atoms with Gasteiger partial charge in [0.25, 0.3) is 5.91 Å². The van der Waals surface area contributed by atoms with E-state index in [9.17, 15) is 4.79 Å². The smallest absolute Gasteiger partial charge is 0.251 e. The number of carbonyl (C=O) groups excluding carboxylic acids is 1. The SMILES string of the molecule is CN(C)CCCNC(=O)c1ccnc(Nc2ccc(Br)cc2)c1. The Labute approximate surface area is 145 Å². The molecule has 5 nitrogen and oxygen atoms in total. The van der Waals surface area contributed by atoms with Crippen LogP contribution in [0.15, 0.2) is 47.1 Å². The first-order valence-corrected chi connectivity index (χ1v) is 8.25. The lowest BCUT2D eigenvalue weighted by Gasteiger charge is -2.10. The molecule has 0 aliphatic rings. The highest BCUT2D eigenvalue weighted by Gasteiger charge is 2.06. The Hall–Kier alpha value is -1.92. The molecule has 1 amide bonds. The number of rotatable bonds is 7. The van der Waals surface area contributed by atoms with Gasteiger partial charge in [0, 0.05) is 28.5 Å². The first kappa shape index (κ1) is 17.4. The fraction of sp³-hybridized carbons (Fsp3) is 0.294. The highest BCUT2D eigenvalue weighted by Crippen LogP contribution is 2.18. The van der Waals surface area contributed by atoms with E-state index in [1.807, 2.05) is 38.4 Å². The average Bonchev–Trinajstić information content (AvgIpc) is 2.54. The molecule has 1 aromatic carbocycles. The zero-order valence-corrected chi connectivity index (χ0v) is 14.9. The predicted octanol–water partition coefficient (Wildman–Crippen LogP) is 3.27. The van der Waals surface area contributed by atoms with Crippen molar-refractivity contribution in [1.29, 1.82) is 0 Å². The van der Waals surface area contributed by atoms with Crippen LogP contribution in [-0.2, 0) is 0 Å². The van der Waals surface area contributed by atoms with E-state index >= 15 is 0 Å². The van der Waals surface area contributed by atoms with Crippen molar-refractivity contribution in [2.75, 3.05) is 32.5 Å². The van der Waals surface area contributed by atoms with Gasteiger partial charge >= 0.3 is 0 Å². The van der Waals surface area contributed by atoms with Gasteiger partial charge in [-0.1, -0.05) is 15.9 Å². The summed E-state index contributed by atoms with van der Waals surface area (Å²) in [6, 6.07) is 11.3. The third-order valence-corrected chi connectivity index (χ3v) is 3.74. The standard InChI is InChI=1S/C17H21BrN4O/c1-22(2)11-3-9-20-17(23)13-8-10-19-16(12-13)21-15-6-4-14(18)5-7-15/h4-8,10,12H,3,9,11H2,1-2H3,(H,19,21)(H,20,23). The Morgan fingerprint density at radius 2 is 1.96 bits per heavy atom. The van der Waals surface area contributed by atoms with E-state index < -0.39 is 0 Å². The van der Waals surface area contributed by atoms with Crippen LogP contribution in [0.5, 0.6) is 0 Å². The third kappa shape index (κ3) is 6.00. The molecule has 0 radical (unpaired) electrons. The molecule has 1 heterocycles. The molecule has 0 fully saturated rings. The van der Waals surface area contributed by atoms with Crippen molar-refractivity contribution >= 4 is 33.3 Å². The Morgan fingerprint density at radius 3 is 2.65 bits per heavy atom. The third-order valence-electron chi connectivity index (χ3n) is 3.21. The van der Waals surface area contributed by atoms with Crippen LogP contribution in [0, 0.1) is 0 Å². The first-order chi connectivity index (χ1) is 11.0. The Morgan fingerprint density at radius 1 is 1.22 bits per heavy atom. The summed E-state index contributed by atoms with van der Waals surface area (Å²) in [6.45, 7) is 1.61. The number of nitrogens with zero attached hydrogens (tertiary/aromatic N) is 2. The van der Waals surface area contributed by atoms with E-state index in [2.05, 4.69) is 36.4 Å². The summed E-state index contributed by atoms with van der Waals surface area (Å²) < 4.78 is 1.02. The summed E-state index contributed by atoms with van der Waals surface area (Å²) in [5.41, 5.74) is 1.52. The molecule has 6 heteroatoms. The van der Waals surface area contributed by atoms with Gasteiger partial charge in [-0.05, 0) is 63.5 Å². The fourth-order valence-electron chi connectivity index (χ4n) is 2.02. The van der Waals surface area contributed by atoms with Crippen LogP contribution in [0.4, 0.5) is 11.5 Å². The average molecular weight is 377 g/mol. The maximum Gasteiger partial charge on any atom is 0.251 e. The van der Waals surface area contributed by atoms with Crippen LogP contribution in [0.25, 0.3) is 0 Å². The van der Waals surface area contributed by atoms with E-state index in [0.29, 0.717) is 17.9 Å². The van der Waals surface area contributed by atoms with E-state index in [-0.39, 0.29) is 5.91 Å². The number of amides is 1. The van der Waals surface area contributed by atoms with Gasteiger partial charge in [-0.25, -0.2) is 4.98 Å². The number of carbonyl (C=O) groups is 1. The van der Waals surface area contributed by atoms with Crippen molar-refractivity contribution < 1.29 is 4.79 Å². The van der Waals surface area contributed by atoms with Gasteiger partial charge in [-0.2, -0.15) is 0 Å². The zero-order chi connectivity index (χ0) is 16.7. The van der Waals surface area contributed by atoms with Crippen LogP contribution >= 0.6 is 15.9 Å². The van der Waals surface area contributed by atoms with Crippen molar-refractivity contribution in [2.24, 2.45) is 0 Å². The van der Waals surface area contributed by atoms with Crippen LogP contribution < -0.4 is 10.6 Å². The van der Waals surface area contributed by atoms with Crippen LogP contribution in [0.2, 0.25) is 0 Å². The monoisotopic (exact) mass is 376 g/mol. The largest absolute Gasteiger partial charge is 0.352 e. The van der Waals surface area contributed by atoms with Crippen molar-refractivity contribution in [1.82, 2.24) is 15.2 Å². The van der Waals surface area contributed by atoms with Gasteiger partial charge in [0.2, 0.25) is 0 Å². The quantitative estimate of drug-likeness (QED) is 0.728. The Balaban J connectivity index is 1.93. The molecule has 0 bridgehead atoms.